The second kappa shape index (κ2) is 8.46. The molecule has 1 aromatic carbocycles. The average Bonchev–Trinajstić information content (AvgIpc) is 2.68. The molecule has 2 heterocycles. The van der Waals surface area contributed by atoms with Crippen molar-refractivity contribution in [3.05, 3.63) is 63.0 Å². The van der Waals surface area contributed by atoms with E-state index in [-0.39, 0.29) is 33.5 Å². The maximum Gasteiger partial charge on any atom is 0.417 e. The maximum atomic E-state index is 12.6. The standard InChI is InChI=1S/C19H15ClF3N3O2S/c1-26-15-5-3-2-4-12(15)16(27)13(18(26)28)10-24-6-7-29-17-14(20)8-11(9-25-17)19(21,22)23/h2-5,8-10,27H,6-7H2,1H3. The van der Waals surface area contributed by atoms with Crippen LogP contribution in [0.15, 0.2) is 51.3 Å². The Morgan fingerprint density at radius 2 is 2.07 bits per heavy atom. The minimum Gasteiger partial charge on any atom is -0.506 e. The third kappa shape index (κ3) is 4.56. The van der Waals surface area contributed by atoms with Crippen LogP contribution in [0.2, 0.25) is 5.02 Å². The molecule has 3 aromatic rings. The first-order chi connectivity index (χ1) is 13.7. The zero-order valence-electron chi connectivity index (χ0n) is 15.1. The van der Waals surface area contributed by atoms with E-state index in [9.17, 15) is 23.1 Å². The SMILES string of the molecule is Cn1c(=O)c(C=NCCSc2ncc(C(F)(F)F)cc2Cl)c(O)c2ccccc21. The number of aromatic nitrogens is 2. The minimum atomic E-state index is -4.50. The molecule has 0 bridgehead atoms. The topological polar surface area (TPSA) is 67.5 Å². The van der Waals surface area contributed by atoms with Crippen LogP contribution in [0.4, 0.5) is 13.2 Å². The molecule has 0 spiro atoms. The highest BCUT2D eigenvalue weighted by Crippen LogP contribution is 2.33. The lowest BCUT2D eigenvalue weighted by molar-refractivity contribution is -0.137. The molecule has 0 saturated carbocycles. The monoisotopic (exact) mass is 441 g/mol. The molecule has 10 heteroatoms. The summed E-state index contributed by atoms with van der Waals surface area (Å²) in [7, 11) is 1.61. The zero-order valence-corrected chi connectivity index (χ0v) is 16.6. The molecule has 0 radical (unpaired) electrons. The van der Waals surface area contributed by atoms with Crippen molar-refractivity contribution in [2.75, 3.05) is 12.3 Å². The van der Waals surface area contributed by atoms with Crippen molar-refractivity contribution >= 4 is 40.5 Å². The molecule has 29 heavy (non-hydrogen) atoms. The van der Waals surface area contributed by atoms with Gasteiger partial charge in [-0.2, -0.15) is 13.2 Å². The summed E-state index contributed by atoms with van der Waals surface area (Å²) in [6.45, 7) is 0.249. The molecular weight excluding hydrogens is 427 g/mol. The number of hydrogen-bond acceptors (Lipinski definition) is 5. The average molecular weight is 442 g/mol. The number of aliphatic imine (C=N–C) groups is 1. The van der Waals surface area contributed by atoms with E-state index in [0.717, 1.165) is 24.0 Å². The van der Waals surface area contributed by atoms with Crippen LogP contribution in [0.25, 0.3) is 10.9 Å². The number of aryl methyl sites for hydroxylation is 1. The van der Waals surface area contributed by atoms with Crippen LogP contribution in [-0.4, -0.2) is 33.2 Å². The summed E-state index contributed by atoms with van der Waals surface area (Å²) in [5, 5.41) is 11.1. The summed E-state index contributed by atoms with van der Waals surface area (Å²) in [4.78, 5) is 20.3. The molecule has 0 unspecified atom stereocenters. The zero-order chi connectivity index (χ0) is 21.2. The van der Waals surface area contributed by atoms with Crippen molar-refractivity contribution in [3.8, 4) is 5.75 Å². The quantitative estimate of drug-likeness (QED) is 0.359. The lowest BCUT2D eigenvalue weighted by Crippen LogP contribution is -2.21. The van der Waals surface area contributed by atoms with Crippen molar-refractivity contribution in [2.24, 2.45) is 12.0 Å². The third-order valence-corrected chi connectivity index (χ3v) is 5.51. The molecule has 0 atom stereocenters. The summed E-state index contributed by atoms with van der Waals surface area (Å²) in [6, 6.07) is 7.79. The molecule has 0 aliphatic rings. The highest BCUT2D eigenvalue weighted by Gasteiger charge is 2.31. The Morgan fingerprint density at radius 1 is 1.34 bits per heavy atom. The maximum absolute atomic E-state index is 12.6. The number of halogens is 4. The van der Waals surface area contributed by atoms with E-state index < -0.39 is 11.7 Å². The Morgan fingerprint density at radius 3 is 2.76 bits per heavy atom. The van der Waals surface area contributed by atoms with Gasteiger partial charge in [-0.1, -0.05) is 23.7 Å². The number of rotatable bonds is 5. The van der Waals surface area contributed by atoms with E-state index in [1.807, 2.05) is 0 Å². The van der Waals surface area contributed by atoms with Gasteiger partial charge in [-0.25, -0.2) is 4.98 Å². The summed E-state index contributed by atoms with van der Waals surface area (Å²) >= 11 is 7.01. The first kappa shape index (κ1) is 21.2. The van der Waals surface area contributed by atoms with Crippen LogP contribution in [-0.2, 0) is 13.2 Å². The molecule has 152 valence electrons. The van der Waals surface area contributed by atoms with Gasteiger partial charge in [0.2, 0.25) is 0 Å². The second-order valence-electron chi connectivity index (χ2n) is 6.04. The molecule has 2 aromatic heterocycles. The van der Waals surface area contributed by atoms with Gasteiger partial charge in [-0.15, -0.1) is 11.8 Å². The van der Waals surface area contributed by atoms with Crippen LogP contribution in [0.1, 0.15) is 11.1 Å². The summed E-state index contributed by atoms with van der Waals surface area (Å²) in [5.41, 5.74) is -0.620. The van der Waals surface area contributed by atoms with E-state index in [2.05, 4.69) is 9.98 Å². The van der Waals surface area contributed by atoms with E-state index in [1.54, 1.807) is 31.3 Å². The van der Waals surface area contributed by atoms with Crippen LogP contribution in [0.3, 0.4) is 0 Å². The van der Waals surface area contributed by atoms with Gasteiger partial charge in [-0.05, 0) is 18.2 Å². The van der Waals surface area contributed by atoms with Crippen LogP contribution in [0, 0.1) is 0 Å². The van der Waals surface area contributed by atoms with Gasteiger partial charge in [0.25, 0.3) is 5.56 Å². The van der Waals surface area contributed by atoms with Crippen molar-refractivity contribution < 1.29 is 18.3 Å². The van der Waals surface area contributed by atoms with Crippen LogP contribution < -0.4 is 5.56 Å². The van der Waals surface area contributed by atoms with E-state index >= 15 is 0 Å². The van der Waals surface area contributed by atoms with Crippen LogP contribution in [0.5, 0.6) is 5.75 Å². The molecule has 0 amide bonds. The first-order valence-electron chi connectivity index (χ1n) is 8.36. The molecule has 0 aliphatic carbocycles. The van der Waals surface area contributed by atoms with E-state index in [4.69, 9.17) is 11.6 Å². The van der Waals surface area contributed by atoms with E-state index in [1.165, 1.54) is 10.8 Å². The van der Waals surface area contributed by atoms with Gasteiger partial charge in [0, 0.05) is 37.1 Å². The van der Waals surface area contributed by atoms with Gasteiger partial charge in [-0.3, -0.25) is 9.79 Å². The largest absolute Gasteiger partial charge is 0.506 e. The summed E-state index contributed by atoms with van der Waals surface area (Å²) in [5.74, 6) is 0.232. The summed E-state index contributed by atoms with van der Waals surface area (Å²) < 4.78 is 39.3. The number of alkyl halides is 3. The predicted molar refractivity (Wildman–Crippen MR) is 108 cm³/mol. The molecular formula is C19H15ClF3N3O2S. The van der Waals surface area contributed by atoms with Crippen molar-refractivity contribution in [1.29, 1.82) is 0 Å². The normalized spacial score (nSPS) is 12.2. The minimum absolute atomic E-state index is 0.0712. The molecule has 0 fully saturated rings. The number of pyridine rings is 2. The Balaban J connectivity index is 1.70. The summed E-state index contributed by atoms with van der Waals surface area (Å²) in [6.07, 6.45) is -2.47. The van der Waals surface area contributed by atoms with Crippen LogP contribution >= 0.6 is 23.4 Å². The highest BCUT2D eigenvalue weighted by molar-refractivity contribution is 7.99. The van der Waals surface area contributed by atoms with Gasteiger partial charge < -0.3 is 9.67 Å². The number of thioether (sulfide) groups is 1. The number of nitrogens with zero attached hydrogens (tertiary/aromatic N) is 3. The molecule has 3 rings (SSSR count). The Kier molecular flexibility index (Phi) is 6.18. The fraction of sp³-hybridized carbons (Fsp3) is 0.211. The fourth-order valence-electron chi connectivity index (χ4n) is 2.66. The third-order valence-electron chi connectivity index (χ3n) is 4.12. The first-order valence-corrected chi connectivity index (χ1v) is 9.72. The van der Waals surface area contributed by atoms with Gasteiger partial charge in [0.05, 0.1) is 16.1 Å². The lowest BCUT2D eigenvalue weighted by atomic mass is 10.1. The molecule has 5 nitrogen and oxygen atoms in total. The van der Waals surface area contributed by atoms with E-state index in [0.29, 0.717) is 16.7 Å². The smallest absolute Gasteiger partial charge is 0.417 e. The van der Waals surface area contributed by atoms with Gasteiger partial charge in [0.1, 0.15) is 16.3 Å². The number of aromatic hydroxyl groups is 1. The van der Waals surface area contributed by atoms with Crippen molar-refractivity contribution in [3.63, 3.8) is 0 Å². The second-order valence-corrected chi connectivity index (χ2v) is 7.53. The van der Waals surface area contributed by atoms with Gasteiger partial charge >= 0.3 is 6.18 Å². The van der Waals surface area contributed by atoms with Crippen molar-refractivity contribution in [2.45, 2.75) is 11.2 Å². The molecule has 0 aliphatic heterocycles. The lowest BCUT2D eigenvalue weighted by Gasteiger charge is -2.09. The molecule has 1 N–H and O–H groups in total. The Labute approximate surface area is 172 Å². The van der Waals surface area contributed by atoms with Crippen molar-refractivity contribution in [1.82, 2.24) is 9.55 Å². The Bertz CT molecular complexity index is 1150. The highest BCUT2D eigenvalue weighted by atomic mass is 35.5. The molecule has 0 saturated heterocycles. The Hall–Kier alpha value is -2.52. The fourth-order valence-corrected chi connectivity index (χ4v) is 3.70. The number of fused-ring (bicyclic) bond motifs is 1. The predicted octanol–water partition coefficient (Wildman–Crippen LogP) is 4.52. The number of benzene rings is 1. The number of hydrogen-bond donors (Lipinski definition) is 1. The van der Waals surface area contributed by atoms with Gasteiger partial charge in [0.15, 0.2) is 0 Å². The number of para-hydroxylation sites is 1.